The first-order valence-corrected chi connectivity index (χ1v) is 13.9. The number of fused-ring (bicyclic) bond motifs is 1. The van der Waals surface area contributed by atoms with Crippen LogP contribution in [0.1, 0.15) is 57.9 Å². The van der Waals surface area contributed by atoms with Crippen LogP contribution in [0.5, 0.6) is 17.2 Å². The average Bonchev–Trinajstić information content (AvgIpc) is 3.53. The topological polar surface area (TPSA) is 135 Å². The van der Waals surface area contributed by atoms with Crippen molar-refractivity contribution in [2.75, 3.05) is 59.7 Å². The quantitative estimate of drug-likeness (QED) is 0.338. The molecule has 2 aliphatic rings. The van der Waals surface area contributed by atoms with Crippen molar-refractivity contribution in [2.24, 2.45) is 11.7 Å². The molecule has 1 saturated heterocycles. The van der Waals surface area contributed by atoms with E-state index >= 15 is 0 Å². The Morgan fingerprint density at radius 3 is 2.49 bits per heavy atom. The highest BCUT2D eigenvalue weighted by molar-refractivity contribution is 5.79. The second-order valence-corrected chi connectivity index (χ2v) is 10.2. The summed E-state index contributed by atoms with van der Waals surface area (Å²) in [7, 11) is 1.53. The van der Waals surface area contributed by atoms with E-state index in [1.165, 1.54) is 14.0 Å². The number of ether oxygens (including phenoxy) is 3. The summed E-state index contributed by atoms with van der Waals surface area (Å²) in [5, 5.41) is 10.5. The lowest BCUT2D eigenvalue weighted by atomic mass is 9.84. The molecule has 39 heavy (non-hydrogen) atoms. The zero-order valence-electron chi connectivity index (χ0n) is 23.7. The second-order valence-electron chi connectivity index (χ2n) is 10.2. The van der Waals surface area contributed by atoms with Crippen molar-refractivity contribution in [1.29, 1.82) is 0 Å². The Kier molecular flexibility index (Phi) is 11.2. The molecule has 3 N–H and O–H groups in total. The highest BCUT2D eigenvalue weighted by atomic mass is 16.7. The summed E-state index contributed by atoms with van der Waals surface area (Å²) in [6.45, 7) is 8.71. The molecule has 1 fully saturated rings. The number of benzene rings is 1. The van der Waals surface area contributed by atoms with Crippen LogP contribution in [0.4, 0.5) is 0 Å². The summed E-state index contributed by atoms with van der Waals surface area (Å²) in [4.78, 5) is 43.9. The van der Waals surface area contributed by atoms with Gasteiger partial charge >= 0.3 is 5.97 Å². The minimum atomic E-state index is -0.937. The van der Waals surface area contributed by atoms with E-state index in [0.29, 0.717) is 69.4 Å². The number of nitrogens with two attached hydrogens (primary N) is 1. The van der Waals surface area contributed by atoms with Gasteiger partial charge in [0.05, 0.1) is 19.6 Å². The Morgan fingerprint density at radius 1 is 1.13 bits per heavy atom. The molecule has 3 rings (SSSR count). The minimum absolute atomic E-state index is 0.0335. The van der Waals surface area contributed by atoms with Gasteiger partial charge in [-0.3, -0.25) is 19.3 Å². The molecule has 11 nitrogen and oxygen atoms in total. The van der Waals surface area contributed by atoms with Gasteiger partial charge in [-0.1, -0.05) is 13.3 Å². The average molecular weight is 549 g/mol. The van der Waals surface area contributed by atoms with Gasteiger partial charge in [0.25, 0.3) is 0 Å². The summed E-state index contributed by atoms with van der Waals surface area (Å²) in [5.74, 6) is -0.735. The number of nitrogens with zero attached hydrogens (tertiary/aromatic N) is 3. The zero-order chi connectivity index (χ0) is 28.5. The number of hydrogen-bond donors (Lipinski definition) is 2. The fraction of sp³-hybridized carbons (Fsp3) is 0.679. The Balaban J connectivity index is 1.94. The molecule has 1 unspecified atom stereocenters. The van der Waals surface area contributed by atoms with Crippen LogP contribution >= 0.6 is 0 Å². The number of methoxy groups -OCH3 is 1. The second kappa shape index (κ2) is 14.4. The van der Waals surface area contributed by atoms with Crippen LogP contribution in [0.2, 0.25) is 0 Å². The number of hydrogen-bond acceptors (Lipinski definition) is 8. The molecule has 1 aromatic rings. The highest BCUT2D eigenvalue weighted by Crippen LogP contribution is 2.47. The molecule has 2 heterocycles. The number of carboxylic acid groups (broad SMARTS) is 1. The van der Waals surface area contributed by atoms with E-state index in [2.05, 4.69) is 6.92 Å². The number of carbonyl (C=O) groups is 3. The summed E-state index contributed by atoms with van der Waals surface area (Å²) >= 11 is 0. The summed E-state index contributed by atoms with van der Waals surface area (Å²) in [6.07, 6.45) is 3.00. The van der Waals surface area contributed by atoms with Gasteiger partial charge in [-0.15, -0.1) is 0 Å². The van der Waals surface area contributed by atoms with E-state index < -0.39 is 23.8 Å². The monoisotopic (exact) mass is 548 g/mol. The fourth-order valence-electron chi connectivity index (χ4n) is 5.65. The van der Waals surface area contributed by atoms with E-state index in [-0.39, 0.29) is 25.2 Å². The predicted octanol–water partition coefficient (Wildman–Crippen LogP) is 2.13. The van der Waals surface area contributed by atoms with Gasteiger partial charge in [-0.25, -0.2) is 0 Å². The summed E-state index contributed by atoms with van der Waals surface area (Å²) in [6, 6.07) is 3.18. The maximum absolute atomic E-state index is 13.5. The largest absolute Gasteiger partial charge is 0.493 e. The maximum Gasteiger partial charge on any atom is 0.308 e. The molecular formula is C28H44N4O7. The molecule has 0 radical (unpaired) electrons. The Labute approximate surface area is 231 Å². The van der Waals surface area contributed by atoms with Gasteiger partial charge in [-0.2, -0.15) is 0 Å². The van der Waals surface area contributed by atoms with E-state index in [1.54, 1.807) is 11.0 Å². The molecule has 2 aliphatic heterocycles. The van der Waals surface area contributed by atoms with E-state index in [4.69, 9.17) is 19.9 Å². The van der Waals surface area contributed by atoms with Crippen molar-refractivity contribution < 1.29 is 33.7 Å². The van der Waals surface area contributed by atoms with Crippen molar-refractivity contribution >= 4 is 17.8 Å². The lowest BCUT2D eigenvalue weighted by Gasteiger charge is -2.31. The third-order valence-electron chi connectivity index (χ3n) is 7.77. The molecule has 0 spiro atoms. The van der Waals surface area contributed by atoms with Crippen molar-refractivity contribution in [3.63, 3.8) is 0 Å². The number of carboxylic acids is 1. The van der Waals surface area contributed by atoms with Crippen LogP contribution in [-0.4, -0.2) is 103 Å². The van der Waals surface area contributed by atoms with Crippen LogP contribution in [-0.2, 0) is 14.4 Å². The maximum atomic E-state index is 13.5. The normalized spacial score (nSPS) is 20.2. The van der Waals surface area contributed by atoms with Crippen LogP contribution in [0.3, 0.4) is 0 Å². The molecule has 0 saturated carbocycles. The molecule has 0 aliphatic carbocycles. The number of amides is 2. The third-order valence-corrected chi connectivity index (χ3v) is 7.77. The summed E-state index contributed by atoms with van der Waals surface area (Å²) < 4.78 is 16.6. The van der Waals surface area contributed by atoms with E-state index in [9.17, 15) is 19.5 Å². The van der Waals surface area contributed by atoms with E-state index in [0.717, 1.165) is 18.4 Å². The smallest absolute Gasteiger partial charge is 0.308 e. The number of likely N-dealkylation sites (tertiary alicyclic amines) is 1. The van der Waals surface area contributed by atoms with Gasteiger partial charge in [0.1, 0.15) is 0 Å². The van der Waals surface area contributed by atoms with Crippen molar-refractivity contribution in [2.45, 2.75) is 58.4 Å². The van der Waals surface area contributed by atoms with Crippen LogP contribution in [0.15, 0.2) is 12.1 Å². The number of unbranched alkanes of at least 4 members (excludes halogenated alkanes) is 1. The Hall–Kier alpha value is -3.05. The zero-order valence-corrected chi connectivity index (χ0v) is 23.7. The van der Waals surface area contributed by atoms with Gasteiger partial charge in [0.15, 0.2) is 11.5 Å². The Bertz CT molecular complexity index is 996. The molecule has 0 aromatic heterocycles. The first-order chi connectivity index (χ1) is 18.7. The fourth-order valence-corrected chi connectivity index (χ4v) is 5.65. The molecular weight excluding hydrogens is 504 g/mol. The first-order valence-electron chi connectivity index (χ1n) is 13.9. The SMILES string of the molecule is CCCCN(CCCN)C(=O)CN1C[C@H](c2cc(OC)c3c(c2)OCO3)C(C(=O)O)[C@@H]1CCN(CC)C(C)=O. The predicted molar refractivity (Wildman–Crippen MR) is 146 cm³/mol. The Morgan fingerprint density at radius 2 is 1.87 bits per heavy atom. The molecule has 2 amide bonds. The van der Waals surface area contributed by atoms with Crippen LogP contribution in [0.25, 0.3) is 0 Å². The van der Waals surface area contributed by atoms with E-state index in [1.807, 2.05) is 22.8 Å². The van der Waals surface area contributed by atoms with Crippen molar-refractivity contribution in [3.05, 3.63) is 17.7 Å². The third kappa shape index (κ3) is 7.33. The van der Waals surface area contributed by atoms with Gasteiger partial charge in [0, 0.05) is 51.6 Å². The highest BCUT2D eigenvalue weighted by Gasteiger charge is 2.47. The number of carbonyl (C=O) groups excluding carboxylic acids is 2. The van der Waals surface area contributed by atoms with Crippen molar-refractivity contribution in [3.8, 4) is 17.2 Å². The van der Waals surface area contributed by atoms with Crippen molar-refractivity contribution in [1.82, 2.24) is 14.7 Å². The molecule has 0 bridgehead atoms. The number of rotatable bonds is 15. The minimum Gasteiger partial charge on any atom is -0.493 e. The van der Waals surface area contributed by atoms with Gasteiger partial charge < -0.3 is 34.9 Å². The summed E-state index contributed by atoms with van der Waals surface area (Å²) in [5.41, 5.74) is 6.48. The number of aliphatic carboxylic acids is 1. The van der Waals surface area contributed by atoms with Crippen LogP contribution < -0.4 is 19.9 Å². The first kappa shape index (κ1) is 30.5. The molecule has 218 valence electrons. The lowest BCUT2D eigenvalue weighted by Crippen LogP contribution is -2.46. The molecule has 11 heteroatoms. The van der Waals surface area contributed by atoms with Crippen LogP contribution in [0, 0.1) is 5.92 Å². The molecule has 3 atom stereocenters. The lowest BCUT2D eigenvalue weighted by molar-refractivity contribution is -0.144. The van der Waals surface area contributed by atoms with Gasteiger partial charge in [0.2, 0.25) is 24.4 Å². The molecule has 1 aromatic carbocycles. The van der Waals surface area contributed by atoms with Gasteiger partial charge in [-0.05, 0) is 50.4 Å². The standard InChI is InChI=1S/C28H44N4O7/c1-5-7-11-31(12-8-10-29)25(34)17-32-16-21(20-14-23(37-4)27-24(15-20)38-18-39-27)26(28(35)36)22(32)9-13-30(6-2)19(3)33/h14-15,21-22,26H,5-13,16-18,29H2,1-4H3,(H,35,36)/t21-,22+,26?/m1/s1.